The molecule has 0 aromatic heterocycles. The molecule has 1 atom stereocenters. The highest BCUT2D eigenvalue weighted by Gasteiger charge is 2.09. The summed E-state index contributed by atoms with van der Waals surface area (Å²) in [6, 6.07) is 14.1. The van der Waals surface area contributed by atoms with Gasteiger partial charge in [0.25, 0.3) is 0 Å². The van der Waals surface area contributed by atoms with Crippen molar-refractivity contribution < 1.29 is 4.74 Å². The molecular weight excluding hydrogens is 305 g/mol. The Bertz CT molecular complexity index is 601. The molecule has 0 aliphatic carbocycles. The van der Waals surface area contributed by atoms with Gasteiger partial charge >= 0.3 is 0 Å². The van der Waals surface area contributed by atoms with Gasteiger partial charge in [-0.25, -0.2) is 0 Å². The van der Waals surface area contributed by atoms with Crippen molar-refractivity contribution in [3.63, 3.8) is 0 Å². The van der Waals surface area contributed by atoms with Gasteiger partial charge in [-0.3, -0.25) is 0 Å². The summed E-state index contributed by atoms with van der Waals surface area (Å²) in [5.41, 5.74) is 3.45. The predicted octanol–water partition coefficient (Wildman–Crippen LogP) is 4.99. The summed E-state index contributed by atoms with van der Waals surface area (Å²) in [4.78, 5) is 0. The lowest BCUT2D eigenvalue weighted by Crippen LogP contribution is -2.18. The number of rotatable bonds is 6. The Hall–Kier alpha value is -1.06. The van der Waals surface area contributed by atoms with E-state index in [2.05, 4.69) is 30.4 Å². The molecule has 2 rings (SSSR count). The molecule has 1 N–H and O–H groups in total. The van der Waals surface area contributed by atoms with E-state index in [1.54, 1.807) is 13.2 Å². The third kappa shape index (κ3) is 4.72. The second-order valence-corrected chi connectivity index (χ2v) is 5.87. The van der Waals surface area contributed by atoms with Crippen molar-refractivity contribution >= 4 is 23.2 Å². The van der Waals surface area contributed by atoms with Crippen LogP contribution in [0.5, 0.6) is 0 Å². The van der Waals surface area contributed by atoms with Gasteiger partial charge in [-0.2, -0.15) is 0 Å². The van der Waals surface area contributed by atoms with Crippen LogP contribution in [0.4, 0.5) is 0 Å². The highest BCUT2D eigenvalue weighted by Crippen LogP contribution is 2.26. The minimum Gasteiger partial charge on any atom is -0.380 e. The smallest absolute Gasteiger partial charge is 0.0713 e. The van der Waals surface area contributed by atoms with Crippen LogP contribution < -0.4 is 5.32 Å². The first-order valence-corrected chi connectivity index (χ1v) is 7.61. The molecule has 0 amide bonds. The molecule has 1 unspecified atom stereocenters. The van der Waals surface area contributed by atoms with Crippen molar-refractivity contribution in [1.82, 2.24) is 5.32 Å². The summed E-state index contributed by atoms with van der Waals surface area (Å²) in [6.07, 6.45) is 0. The van der Waals surface area contributed by atoms with Gasteiger partial charge in [-0.15, -0.1) is 0 Å². The lowest BCUT2D eigenvalue weighted by Gasteiger charge is -2.16. The number of halogens is 2. The maximum atomic E-state index is 6.23. The van der Waals surface area contributed by atoms with E-state index >= 15 is 0 Å². The molecule has 21 heavy (non-hydrogen) atoms. The van der Waals surface area contributed by atoms with Gasteiger partial charge in [0.15, 0.2) is 0 Å². The topological polar surface area (TPSA) is 21.3 Å². The Balaban J connectivity index is 2.00. The molecule has 0 spiro atoms. The Morgan fingerprint density at radius 2 is 1.86 bits per heavy atom. The number of nitrogens with one attached hydrogen (secondary N) is 1. The first-order valence-electron chi connectivity index (χ1n) is 6.85. The summed E-state index contributed by atoms with van der Waals surface area (Å²) in [6.45, 7) is 3.50. The largest absolute Gasteiger partial charge is 0.380 e. The minimum atomic E-state index is 0.154. The molecule has 0 saturated carbocycles. The third-order valence-corrected chi connectivity index (χ3v) is 3.91. The van der Waals surface area contributed by atoms with Crippen LogP contribution in [0.3, 0.4) is 0 Å². The highest BCUT2D eigenvalue weighted by molar-refractivity contribution is 6.35. The first kappa shape index (κ1) is 16.3. The standard InChI is InChI=1S/C17H19Cl2NO/c1-12(16-7-6-15(18)9-17(16)19)20-10-13-4-3-5-14(8-13)11-21-2/h3-9,12,20H,10-11H2,1-2H3. The van der Waals surface area contributed by atoms with Gasteiger partial charge in [0.2, 0.25) is 0 Å². The Labute approximate surface area is 136 Å². The van der Waals surface area contributed by atoms with E-state index in [0.29, 0.717) is 16.7 Å². The fourth-order valence-corrected chi connectivity index (χ4v) is 2.80. The Kier molecular flexibility index (Phi) is 6.07. The normalized spacial score (nSPS) is 12.4. The molecule has 0 aliphatic heterocycles. The van der Waals surface area contributed by atoms with E-state index in [-0.39, 0.29) is 6.04 Å². The molecule has 0 bridgehead atoms. The van der Waals surface area contributed by atoms with Crippen LogP contribution in [-0.2, 0) is 17.9 Å². The maximum absolute atomic E-state index is 6.23. The average molecular weight is 324 g/mol. The van der Waals surface area contributed by atoms with E-state index in [1.807, 2.05) is 18.2 Å². The van der Waals surface area contributed by atoms with Crippen LogP contribution in [0.25, 0.3) is 0 Å². The molecule has 0 saturated heterocycles. The molecule has 0 heterocycles. The maximum Gasteiger partial charge on any atom is 0.0713 e. The number of benzene rings is 2. The van der Waals surface area contributed by atoms with Crippen molar-refractivity contribution in [2.24, 2.45) is 0 Å². The van der Waals surface area contributed by atoms with Crippen LogP contribution in [0.15, 0.2) is 42.5 Å². The SMILES string of the molecule is COCc1cccc(CNC(C)c2ccc(Cl)cc2Cl)c1. The fourth-order valence-electron chi connectivity index (χ4n) is 2.23. The molecular formula is C17H19Cl2NO. The molecule has 0 fully saturated rings. The molecule has 2 aromatic rings. The summed E-state index contributed by atoms with van der Waals surface area (Å²) >= 11 is 12.2. The molecule has 0 radical (unpaired) electrons. The lowest BCUT2D eigenvalue weighted by molar-refractivity contribution is 0.185. The van der Waals surface area contributed by atoms with E-state index in [0.717, 1.165) is 12.1 Å². The Morgan fingerprint density at radius 1 is 1.10 bits per heavy atom. The van der Waals surface area contributed by atoms with Gasteiger partial charge < -0.3 is 10.1 Å². The summed E-state index contributed by atoms with van der Waals surface area (Å²) < 4.78 is 5.15. The monoisotopic (exact) mass is 323 g/mol. The van der Waals surface area contributed by atoms with E-state index in [4.69, 9.17) is 27.9 Å². The molecule has 4 heteroatoms. The zero-order valence-electron chi connectivity index (χ0n) is 12.2. The third-order valence-electron chi connectivity index (χ3n) is 3.34. The number of methoxy groups -OCH3 is 1. The lowest BCUT2D eigenvalue weighted by atomic mass is 10.1. The second kappa shape index (κ2) is 7.81. The van der Waals surface area contributed by atoms with Crippen LogP contribution >= 0.6 is 23.2 Å². The number of ether oxygens (including phenoxy) is 1. The minimum absolute atomic E-state index is 0.154. The van der Waals surface area contributed by atoms with Gasteiger partial charge in [0, 0.05) is 29.7 Å². The average Bonchev–Trinajstić information content (AvgIpc) is 2.45. The van der Waals surface area contributed by atoms with E-state index in [1.165, 1.54) is 11.1 Å². The molecule has 2 aromatic carbocycles. The molecule has 2 nitrogen and oxygen atoms in total. The van der Waals surface area contributed by atoms with E-state index < -0.39 is 0 Å². The predicted molar refractivity (Wildman–Crippen MR) is 88.9 cm³/mol. The zero-order chi connectivity index (χ0) is 15.2. The van der Waals surface area contributed by atoms with Crippen molar-refractivity contribution in [2.75, 3.05) is 7.11 Å². The highest BCUT2D eigenvalue weighted by atomic mass is 35.5. The van der Waals surface area contributed by atoms with Gasteiger partial charge in [-0.05, 0) is 35.7 Å². The van der Waals surface area contributed by atoms with Crippen molar-refractivity contribution in [3.05, 3.63) is 69.2 Å². The van der Waals surface area contributed by atoms with E-state index in [9.17, 15) is 0 Å². The fraction of sp³-hybridized carbons (Fsp3) is 0.294. The van der Waals surface area contributed by atoms with Gasteiger partial charge in [0.05, 0.1) is 6.61 Å². The number of hydrogen-bond acceptors (Lipinski definition) is 2. The first-order chi connectivity index (χ1) is 10.1. The summed E-state index contributed by atoms with van der Waals surface area (Å²) in [5.74, 6) is 0. The van der Waals surface area contributed by atoms with Crippen molar-refractivity contribution in [2.45, 2.75) is 26.1 Å². The zero-order valence-corrected chi connectivity index (χ0v) is 13.7. The van der Waals surface area contributed by atoms with Gasteiger partial charge in [-0.1, -0.05) is 53.5 Å². The van der Waals surface area contributed by atoms with Gasteiger partial charge in [0.1, 0.15) is 0 Å². The molecule has 0 aliphatic rings. The summed E-state index contributed by atoms with van der Waals surface area (Å²) in [7, 11) is 1.70. The van der Waals surface area contributed by atoms with Crippen LogP contribution in [-0.4, -0.2) is 7.11 Å². The molecule has 112 valence electrons. The van der Waals surface area contributed by atoms with Crippen LogP contribution in [0.1, 0.15) is 29.7 Å². The van der Waals surface area contributed by atoms with Crippen molar-refractivity contribution in [3.8, 4) is 0 Å². The Morgan fingerprint density at radius 3 is 2.57 bits per heavy atom. The quantitative estimate of drug-likeness (QED) is 0.808. The summed E-state index contributed by atoms with van der Waals surface area (Å²) in [5, 5.41) is 4.82. The van der Waals surface area contributed by atoms with Crippen LogP contribution in [0, 0.1) is 0 Å². The van der Waals surface area contributed by atoms with Crippen LogP contribution in [0.2, 0.25) is 10.0 Å². The number of hydrogen-bond donors (Lipinski definition) is 1. The van der Waals surface area contributed by atoms with Crippen molar-refractivity contribution in [1.29, 1.82) is 0 Å². The second-order valence-electron chi connectivity index (χ2n) is 5.02.